The molecule has 0 amide bonds. The lowest BCUT2D eigenvalue weighted by Crippen LogP contribution is -2.00. The molecule has 0 N–H and O–H groups in total. The Bertz CT molecular complexity index is 3480. The van der Waals surface area contributed by atoms with Crippen LogP contribution in [0, 0.1) is 5.92 Å². The summed E-state index contributed by atoms with van der Waals surface area (Å²) in [4.78, 5) is 0. The third-order valence-electron chi connectivity index (χ3n) is 12.1. The molecule has 8 aromatic carbocycles. The standard InChI is InChI=1S/C53H36N2O/c1-33-23-27-36(28-24-33)54-47-19-5-2-11-40(47)42-29-25-35(32-51(42)54)34-26-30-50-46(31-34)41-12-3-6-20-48(41)55(50)49-21-10-15-37-38(14-8-16-39(37)49)44-17-9-18-45-43-13-4-7-22-52(43)56-53(44)45/h2-23,25-33H,24H2,1H3. The first-order chi connectivity index (χ1) is 27.7. The average molecular weight is 717 g/mol. The molecule has 0 aliphatic heterocycles. The van der Waals surface area contributed by atoms with Gasteiger partial charge in [0.2, 0.25) is 0 Å². The molecule has 3 heterocycles. The molecule has 1 atom stereocenters. The monoisotopic (exact) mass is 716 g/mol. The Balaban J connectivity index is 1.04. The van der Waals surface area contributed by atoms with Gasteiger partial charge in [-0.3, -0.25) is 0 Å². The van der Waals surface area contributed by atoms with Crippen molar-refractivity contribution < 1.29 is 4.42 Å². The molecule has 12 rings (SSSR count). The predicted molar refractivity (Wildman–Crippen MR) is 237 cm³/mol. The Morgan fingerprint density at radius 1 is 0.464 bits per heavy atom. The molecule has 11 aromatic rings. The van der Waals surface area contributed by atoms with E-state index in [1.54, 1.807) is 0 Å². The van der Waals surface area contributed by atoms with Gasteiger partial charge in [-0.05, 0) is 83.0 Å². The summed E-state index contributed by atoms with van der Waals surface area (Å²) in [5.41, 5.74) is 13.8. The van der Waals surface area contributed by atoms with E-state index in [1.165, 1.54) is 76.8 Å². The van der Waals surface area contributed by atoms with Gasteiger partial charge in [0.25, 0.3) is 0 Å². The summed E-state index contributed by atoms with van der Waals surface area (Å²) in [6.45, 7) is 2.28. The highest BCUT2D eigenvalue weighted by molar-refractivity contribution is 6.16. The zero-order chi connectivity index (χ0) is 36.9. The summed E-state index contributed by atoms with van der Waals surface area (Å²) in [5, 5.41) is 9.73. The van der Waals surface area contributed by atoms with Crippen LogP contribution in [0.1, 0.15) is 13.3 Å². The normalized spacial score (nSPS) is 14.7. The van der Waals surface area contributed by atoms with E-state index in [2.05, 4.69) is 192 Å². The van der Waals surface area contributed by atoms with Gasteiger partial charge in [-0.25, -0.2) is 0 Å². The maximum Gasteiger partial charge on any atom is 0.143 e. The number of furan rings is 1. The second kappa shape index (κ2) is 11.9. The van der Waals surface area contributed by atoms with E-state index in [0.29, 0.717) is 5.92 Å². The first-order valence-corrected chi connectivity index (χ1v) is 19.6. The molecular formula is C53H36N2O. The highest BCUT2D eigenvalue weighted by atomic mass is 16.3. The molecule has 3 nitrogen and oxygen atoms in total. The number of hydrogen-bond acceptors (Lipinski definition) is 1. The van der Waals surface area contributed by atoms with E-state index >= 15 is 0 Å². The minimum atomic E-state index is 0.560. The highest BCUT2D eigenvalue weighted by Gasteiger charge is 2.20. The fraction of sp³-hybridized carbons (Fsp3) is 0.0566. The Hall–Kier alpha value is -7.10. The molecule has 56 heavy (non-hydrogen) atoms. The van der Waals surface area contributed by atoms with Crippen LogP contribution in [0.3, 0.4) is 0 Å². The Morgan fingerprint density at radius 2 is 1.09 bits per heavy atom. The molecular weight excluding hydrogens is 681 g/mol. The lowest BCUT2D eigenvalue weighted by atomic mass is 9.96. The second-order valence-corrected chi connectivity index (χ2v) is 15.3. The molecule has 3 heteroatoms. The van der Waals surface area contributed by atoms with Gasteiger partial charge in [0.1, 0.15) is 11.2 Å². The fourth-order valence-corrected chi connectivity index (χ4v) is 9.40. The van der Waals surface area contributed by atoms with Crippen LogP contribution in [0.25, 0.3) is 110 Å². The molecule has 0 saturated heterocycles. The van der Waals surface area contributed by atoms with Crippen molar-refractivity contribution in [1.82, 2.24) is 9.13 Å². The second-order valence-electron chi connectivity index (χ2n) is 15.3. The van der Waals surface area contributed by atoms with Gasteiger partial charge in [-0.1, -0.05) is 140 Å². The Labute approximate surface area is 323 Å². The quantitative estimate of drug-likeness (QED) is 0.178. The van der Waals surface area contributed by atoms with Crippen LogP contribution in [-0.2, 0) is 0 Å². The van der Waals surface area contributed by atoms with Gasteiger partial charge in [-0.15, -0.1) is 0 Å². The molecule has 0 saturated carbocycles. The summed E-state index contributed by atoms with van der Waals surface area (Å²) in [7, 11) is 0. The van der Waals surface area contributed by atoms with Crippen molar-refractivity contribution in [1.29, 1.82) is 0 Å². The van der Waals surface area contributed by atoms with Gasteiger partial charge in [0.15, 0.2) is 0 Å². The predicted octanol–water partition coefficient (Wildman–Crippen LogP) is 14.7. The number of allylic oxidation sites excluding steroid dienone is 4. The number of nitrogens with zero attached hydrogens (tertiary/aromatic N) is 2. The molecule has 1 unspecified atom stereocenters. The number of para-hydroxylation sites is 4. The summed E-state index contributed by atoms with van der Waals surface area (Å²) in [6.07, 6.45) is 8.07. The molecule has 0 spiro atoms. The summed E-state index contributed by atoms with van der Waals surface area (Å²) in [5.74, 6) is 0.560. The van der Waals surface area contributed by atoms with E-state index in [0.717, 1.165) is 39.6 Å². The largest absolute Gasteiger partial charge is 0.455 e. The molecule has 1 aliphatic carbocycles. The van der Waals surface area contributed by atoms with Crippen LogP contribution < -0.4 is 0 Å². The van der Waals surface area contributed by atoms with Gasteiger partial charge in [0, 0.05) is 49.0 Å². The van der Waals surface area contributed by atoms with Crippen LogP contribution in [0.2, 0.25) is 0 Å². The van der Waals surface area contributed by atoms with Gasteiger partial charge in [-0.2, -0.15) is 0 Å². The molecule has 0 bridgehead atoms. The minimum absolute atomic E-state index is 0.560. The smallest absolute Gasteiger partial charge is 0.143 e. The summed E-state index contributed by atoms with van der Waals surface area (Å²) < 4.78 is 11.4. The van der Waals surface area contributed by atoms with Gasteiger partial charge >= 0.3 is 0 Å². The van der Waals surface area contributed by atoms with Gasteiger partial charge in [0.05, 0.1) is 27.8 Å². The Kier molecular flexibility index (Phi) is 6.67. The van der Waals surface area contributed by atoms with Crippen LogP contribution in [0.15, 0.2) is 186 Å². The fourth-order valence-electron chi connectivity index (χ4n) is 9.40. The maximum atomic E-state index is 6.52. The highest BCUT2D eigenvalue weighted by Crippen LogP contribution is 2.42. The average Bonchev–Trinajstić information content (AvgIpc) is 3.91. The van der Waals surface area contributed by atoms with Crippen molar-refractivity contribution in [3.05, 3.63) is 182 Å². The van der Waals surface area contributed by atoms with Crippen molar-refractivity contribution in [2.24, 2.45) is 5.92 Å². The van der Waals surface area contributed by atoms with Crippen LogP contribution in [0.4, 0.5) is 0 Å². The Morgan fingerprint density at radius 3 is 1.93 bits per heavy atom. The molecule has 3 aromatic heterocycles. The first kappa shape index (κ1) is 31.3. The van der Waals surface area contributed by atoms with Crippen molar-refractivity contribution in [2.45, 2.75) is 13.3 Å². The van der Waals surface area contributed by atoms with Crippen molar-refractivity contribution in [3.8, 4) is 27.9 Å². The van der Waals surface area contributed by atoms with E-state index < -0.39 is 0 Å². The maximum absolute atomic E-state index is 6.52. The van der Waals surface area contributed by atoms with E-state index in [1.807, 2.05) is 6.07 Å². The number of rotatable bonds is 4. The SMILES string of the molecule is CC1C=CC(n2c3ccccc3c3ccc(-c4ccc5c(c4)c4ccccc4n5-c4cccc5c(-c6cccc7c6oc6ccccc67)cccc45)cc32)=CC1. The molecule has 1 aliphatic rings. The zero-order valence-corrected chi connectivity index (χ0v) is 30.9. The number of fused-ring (bicyclic) bond motifs is 10. The third kappa shape index (κ3) is 4.52. The van der Waals surface area contributed by atoms with Crippen LogP contribution >= 0.6 is 0 Å². The van der Waals surface area contributed by atoms with Crippen molar-refractivity contribution >= 4 is 82.0 Å². The lowest BCUT2D eigenvalue weighted by Gasteiger charge is -2.15. The third-order valence-corrected chi connectivity index (χ3v) is 12.1. The molecule has 264 valence electrons. The lowest BCUT2D eigenvalue weighted by molar-refractivity contribution is 0.670. The topological polar surface area (TPSA) is 23.0 Å². The summed E-state index contributed by atoms with van der Waals surface area (Å²) >= 11 is 0. The van der Waals surface area contributed by atoms with E-state index in [-0.39, 0.29) is 0 Å². The van der Waals surface area contributed by atoms with E-state index in [9.17, 15) is 0 Å². The van der Waals surface area contributed by atoms with Gasteiger partial charge < -0.3 is 13.6 Å². The molecule has 0 radical (unpaired) electrons. The first-order valence-electron chi connectivity index (χ1n) is 19.6. The van der Waals surface area contributed by atoms with Crippen molar-refractivity contribution in [2.75, 3.05) is 0 Å². The number of hydrogen-bond donors (Lipinski definition) is 0. The number of aromatic nitrogens is 2. The van der Waals surface area contributed by atoms with Crippen LogP contribution in [-0.4, -0.2) is 9.13 Å². The minimum Gasteiger partial charge on any atom is -0.455 e. The summed E-state index contributed by atoms with van der Waals surface area (Å²) in [6, 6.07) is 59.8. The number of benzene rings is 8. The zero-order valence-electron chi connectivity index (χ0n) is 30.9. The van der Waals surface area contributed by atoms with E-state index in [4.69, 9.17) is 4.42 Å². The van der Waals surface area contributed by atoms with Crippen molar-refractivity contribution in [3.63, 3.8) is 0 Å². The molecule has 0 fully saturated rings. The van der Waals surface area contributed by atoms with Crippen LogP contribution in [0.5, 0.6) is 0 Å².